The minimum Gasteiger partial charge on any atom is -0.377 e. The molecule has 18 heavy (non-hydrogen) atoms. The molecule has 0 bridgehead atoms. The third-order valence-electron chi connectivity index (χ3n) is 4.34. The monoisotopic (exact) mass is 255 g/mol. The zero-order chi connectivity index (χ0) is 12.8. The van der Waals surface area contributed by atoms with E-state index in [1.807, 2.05) is 0 Å². The summed E-state index contributed by atoms with van der Waals surface area (Å²) >= 11 is 0. The van der Waals surface area contributed by atoms with Gasteiger partial charge in [0.1, 0.15) is 0 Å². The molecule has 0 amide bonds. The van der Waals surface area contributed by atoms with Crippen molar-refractivity contribution in [1.82, 2.24) is 14.7 Å². The zero-order valence-corrected chi connectivity index (χ0v) is 12.1. The average molecular weight is 255 g/mol. The summed E-state index contributed by atoms with van der Waals surface area (Å²) in [6.45, 7) is 12.7. The smallest absolute Gasteiger partial charge is 0.0600 e. The Labute approximate surface area is 112 Å². The molecule has 0 spiro atoms. The van der Waals surface area contributed by atoms with Gasteiger partial charge in [-0.2, -0.15) is 0 Å². The van der Waals surface area contributed by atoms with Crippen molar-refractivity contribution in [1.29, 1.82) is 0 Å². The zero-order valence-electron chi connectivity index (χ0n) is 12.1. The normalized spacial score (nSPS) is 25.7. The fourth-order valence-electron chi connectivity index (χ4n) is 2.81. The molecule has 2 rings (SSSR count). The van der Waals surface area contributed by atoms with Crippen LogP contribution in [-0.4, -0.2) is 86.8 Å². The van der Waals surface area contributed by atoms with E-state index in [0.717, 1.165) is 13.2 Å². The molecule has 0 N–H and O–H groups in total. The first-order chi connectivity index (χ1) is 8.78. The number of ether oxygens (including phenoxy) is 1. The molecule has 0 aromatic heterocycles. The van der Waals surface area contributed by atoms with E-state index >= 15 is 0 Å². The van der Waals surface area contributed by atoms with Crippen molar-refractivity contribution in [3.05, 3.63) is 0 Å². The van der Waals surface area contributed by atoms with E-state index in [0.29, 0.717) is 6.10 Å². The molecule has 106 valence electrons. The van der Waals surface area contributed by atoms with Crippen molar-refractivity contribution in [3.63, 3.8) is 0 Å². The van der Waals surface area contributed by atoms with Crippen molar-refractivity contribution in [2.45, 2.75) is 25.9 Å². The van der Waals surface area contributed by atoms with Gasteiger partial charge in [0.05, 0.1) is 12.7 Å². The first-order valence-corrected chi connectivity index (χ1v) is 7.53. The van der Waals surface area contributed by atoms with Crippen LogP contribution in [0.5, 0.6) is 0 Å². The van der Waals surface area contributed by atoms with Crippen molar-refractivity contribution < 1.29 is 4.74 Å². The minimum atomic E-state index is 0.514. The summed E-state index contributed by atoms with van der Waals surface area (Å²) in [6.07, 6.45) is 2.95. The Kier molecular flexibility index (Phi) is 5.89. The third-order valence-corrected chi connectivity index (χ3v) is 4.34. The molecule has 4 nitrogen and oxygen atoms in total. The number of likely N-dealkylation sites (N-methyl/N-ethyl adjacent to an activating group) is 1. The number of hydrogen-bond donors (Lipinski definition) is 0. The molecule has 4 heteroatoms. The Hall–Kier alpha value is -0.160. The molecular weight excluding hydrogens is 226 g/mol. The van der Waals surface area contributed by atoms with Crippen molar-refractivity contribution >= 4 is 0 Å². The molecule has 2 aliphatic rings. The third kappa shape index (κ3) is 4.50. The molecule has 0 aliphatic carbocycles. The number of nitrogens with zero attached hydrogens (tertiary/aromatic N) is 3. The van der Waals surface area contributed by atoms with Crippen LogP contribution in [0.25, 0.3) is 0 Å². The Morgan fingerprint density at radius 3 is 2.22 bits per heavy atom. The van der Waals surface area contributed by atoms with Crippen molar-refractivity contribution in [2.24, 2.45) is 0 Å². The number of hydrogen-bond acceptors (Lipinski definition) is 4. The first-order valence-electron chi connectivity index (χ1n) is 7.53. The van der Waals surface area contributed by atoms with E-state index in [-0.39, 0.29) is 0 Å². The Morgan fingerprint density at radius 1 is 0.944 bits per heavy atom. The molecule has 0 unspecified atom stereocenters. The summed E-state index contributed by atoms with van der Waals surface area (Å²) in [6, 6.07) is 0. The predicted molar refractivity (Wildman–Crippen MR) is 75.0 cm³/mol. The number of likely N-dealkylation sites (tertiary alicyclic amines) is 1. The minimum absolute atomic E-state index is 0.514. The van der Waals surface area contributed by atoms with Gasteiger partial charge < -0.3 is 14.5 Å². The van der Waals surface area contributed by atoms with Crippen LogP contribution in [0.2, 0.25) is 0 Å². The molecule has 0 radical (unpaired) electrons. The number of piperazine rings is 1. The van der Waals surface area contributed by atoms with Gasteiger partial charge in [0, 0.05) is 45.8 Å². The average Bonchev–Trinajstić information content (AvgIpc) is 2.42. The van der Waals surface area contributed by atoms with E-state index in [2.05, 4.69) is 28.7 Å². The standard InChI is InChI=1S/C14H29N3O/c1-3-16-6-4-14(5-7-16)18-13-12-17-10-8-15(2)9-11-17/h14H,3-13H2,1-2H3. The SMILES string of the molecule is CCN1CCC(OCCN2CCN(C)CC2)CC1. The van der Waals surface area contributed by atoms with Crippen LogP contribution in [0.1, 0.15) is 19.8 Å². The van der Waals surface area contributed by atoms with Crippen LogP contribution in [0, 0.1) is 0 Å². The molecule has 0 saturated carbocycles. The number of rotatable bonds is 5. The van der Waals surface area contributed by atoms with Gasteiger partial charge in [-0.3, -0.25) is 4.90 Å². The Morgan fingerprint density at radius 2 is 1.61 bits per heavy atom. The molecule has 2 fully saturated rings. The lowest BCUT2D eigenvalue weighted by Crippen LogP contribution is -2.46. The Balaban J connectivity index is 1.53. The summed E-state index contributed by atoms with van der Waals surface area (Å²) in [5.41, 5.74) is 0. The van der Waals surface area contributed by atoms with Gasteiger partial charge in [-0.25, -0.2) is 0 Å². The topological polar surface area (TPSA) is 19.0 Å². The maximum absolute atomic E-state index is 6.02. The molecular formula is C14H29N3O. The molecule has 0 atom stereocenters. The Bertz CT molecular complexity index is 221. The van der Waals surface area contributed by atoms with Crippen LogP contribution in [0.4, 0.5) is 0 Å². The highest BCUT2D eigenvalue weighted by Crippen LogP contribution is 2.13. The van der Waals surface area contributed by atoms with Crippen LogP contribution < -0.4 is 0 Å². The van der Waals surface area contributed by atoms with E-state index in [4.69, 9.17) is 4.74 Å². The molecule has 0 aromatic rings. The van der Waals surface area contributed by atoms with Crippen molar-refractivity contribution in [3.8, 4) is 0 Å². The second-order valence-corrected chi connectivity index (χ2v) is 5.65. The fraction of sp³-hybridized carbons (Fsp3) is 1.00. The van der Waals surface area contributed by atoms with Crippen molar-refractivity contribution in [2.75, 3.05) is 66.0 Å². The van der Waals surface area contributed by atoms with Gasteiger partial charge >= 0.3 is 0 Å². The summed E-state index contributed by atoms with van der Waals surface area (Å²) in [5, 5.41) is 0. The lowest BCUT2D eigenvalue weighted by atomic mass is 10.1. The second-order valence-electron chi connectivity index (χ2n) is 5.65. The van der Waals surface area contributed by atoms with E-state index in [1.54, 1.807) is 0 Å². The van der Waals surface area contributed by atoms with Crippen LogP contribution in [0.3, 0.4) is 0 Å². The van der Waals surface area contributed by atoms with Crippen LogP contribution >= 0.6 is 0 Å². The van der Waals surface area contributed by atoms with Gasteiger partial charge in [0.2, 0.25) is 0 Å². The van der Waals surface area contributed by atoms with Gasteiger partial charge in [-0.1, -0.05) is 6.92 Å². The summed E-state index contributed by atoms with van der Waals surface area (Å²) in [4.78, 5) is 7.44. The summed E-state index contributed by atoms with van der Waals surface area (Å²) in [7, 11) is 2.20. The molecule has 2 aliphatic heterocycles. The highest BCUT2D eigenvalue weighted by Gasteiger charge is 2.19. The van der Waals surface area contributed by atoms with Gasteiger partial charge in [-0.15, -0.1) is 0 Å². The predicted octanol–water partition coefficient (Wildman–Crippen LogP) is 0.735. The largest absolute Gasteiger partial charge is 0.377 e. The maximum Gasteiger partial charge on any atom is 0.0600 e. The lowest BCUT2D eigenvalue weighted by Gasteiger charge is -2.34. The lowest BCUT2D eigenvalue weighted by molar-refractivity contribution is -0.00466. The molecule has 2 heterocycles. The van der Waals surface area contributed by atoms with Gasteiger partial charge in [-0.05, 0) is 26.4 Å². The highest BCUT2D eigenvalue weighted by molar-refractivity contribution is 4.73. The van der Waals surface area contributed by atoms with Crippen LogP contribution in [0.15, 0.2) is 0 Å². The fourth-order valence-corrected chi connectivity index (χ4v) is 2.81. The quantitative estimate of drug-likeness (QED) is 0.721. The highest BCUT2D eigenvalue weighted by atomic mass is 16.5. The maximum atomic E-state index is 6.02. The summed E-state index contributed by atoms with van der Waals surface area (Å²) in [5.74, 6) is 0. The first kappa shape index (κ1) is 14.3. The summed E-state index contributed by atoms with van der Waals surface area (Å²) < 4.78 is 6.02. The van der Waals surface area contributed by atoms with Gasteiger partial charge in [0.15, 0.2) is 0 Å². The van der Waals surface area contributed by atoms with E-state index in [1.165, 1.54) is 58.7 Å². The van der Waals surface area contributed by atoms with Crippen LogP contribution in [-0.2, 0) is 4.74 Å². The van der Waals surface area contributed by atoms with E-state index < -0.39 is 0 Å². The number of piperidine rings is 1. The van der Waals surface area contributed by atoms with Gasteiger partial charge in [0.25, 0.3) is 0 Å². The second kappa shape index (κ2) is 7.43. The molecule has 0 aromatic carbocycles. The molecule has 2 saturated heterocycles. The van der Waals surface area contributed by atoms with E-state index in [9.17, 15) is 0 Å².